The van der Waals surface area contributed by atoms with Crippen molar-refractivity contribution in [3.63, 3.8) is 0 Å². The molecule has 0 saturated heterocycles. The van der Waals surface area contributed by atoms with E-state index in [0.717, 1.165) is 14.2 Å². The predicted molar refractivity (Wildman–Crippen MR) is 193 cm³/mol. The maximum Gasteiger partial charge on any atom is 0.325 e. The predicted octanol–water partition coefficient (Wildman–Crippen LogP) is 3.70. The Morgan fingerprint density at radius 2 is 0.870 bits per heavy atom. The van der Waals surface area contributed by atoms with Crippen LogP contribution < -0.4 is 10.6 Å². The van der Waals surface area contributed by atoms with Crippen LogP contribution in [-0.2, 0) is 28.7 Å². The molecule has 0 aliphatic carbocycles. The molecule has 0 heterocycles. The zero-order valence-electron chi connectivity index (χ0n) is 30.7. The van der Waals surface area contributed by atoms with Gasteiger partial charge in [-0.05, 0) is 47.6 Å². The van der Waals surface area contributed by atoms with Gasteiger partial charge in [0, 0.05) is 33.0 Å². The molecule has 54 heavy (non-hydrogen) atoms. The molecule has 8 N–H and O–H groups in total. The number of ketones is 2. The zero-order chi connectivity index (χ0) is 40.7. The average Bonchev–Trinajstić information content (AvgIpc) is 3.11. The first kappa shape index (κ1) is 40.2. The van der Waals surface area contributed by atoms with Crippen molar-refractivity contribution in [3.8, 4) is 45.6 Å². The lowest BCUT2D eigenvalue weighted by molar-refractivity contribution is -0.141. The molecule has 4 aromatic carbocycles. The van der Waals surface area contributed by atoms with Crippen molar-refractivity contribution in [1.29, 1.82) is 0 Å². The van der Waals surface area contributed by atoms with Crippen molar-refractivity contribution in [2.45, 2.75) is 53.4 Å². The Morgan fingerprint density at radius 1 is 0.556 bits per heavy atom. The second-order valence-corrected chi connectivity index (χ2v) is 13.1. The Bertz CT molecular complexity index is 2150. The number of carbonyl (C=O) groups excluding carboxylic acids is 6. The van der Waals surface area contributed by atoms with Crippen molar-refractivity contribution in [1.82, 2.24) is 10.6 Å². The zero-order valence-corrected chi connectivity index (χ0v) is 30.7. The molecule has 0 aliphatic heterocycles. The number of ether oxygens (including phenoxy) is 2. The number of hydrogen-bond acceptors (Lipinski definition) is 14. The number of methoxy groups -OCH3 is 2. The van der Waals surface area contributed by atoms with Gasteiger partial charge in [-0.25, -0.2) is 0 Å². The highest BCUT2D eigenvalue weighted by atomic mass is 16.5. The Labute approximate surface area is 307 Å². The van der Waals surface area contributed by atoms with Crippen LogP contribution in [-0.4, -0.2) is 93.3 Å². The van der Waals surface area contributed by atoms with E-state index in [1.807, 2.05) is 0 Å². The van der Waals surface area contributed by atoms with Crippen LogP contribution in [0.4, 0.5) is 0 Å². The van der Waals surface area contributed by atoms with Gasteiger partial charge in [0.15, 0.2) is 23.0 Å². The molecular formula is C38H40N2O14. The number of rotatable bonds is 11. The highest BCUT2D eigenvalue weighted by Crippen LogP contribution is 2.54. The summed E-state index contributed by atoms with van der Waals surface area (Å²) in [5.41, 5.74) is -1.44. The third-order valence-corrected chi connectivity index (χ3v) is 9.02. The van der Waals surface area contributed by atoms with Gasteiger partial charge in [-0.3, -0.25) is 28.8 Å². The molecular weight excluding hydrogens is 708 g/mol. The largest absolute Gasteiger partial charge is 0.507 e. The van der Waals surface area contributed by atoms with Gasteiger partial charge >= 0.3 is 11.9 Å². The smallest absolute Gasteiger partial charge is 0.325 e. The minimum absolute atomic E-state index is 0.0453. The molecule has 286 valence electrons. The number of benzene rings is 4. The lowest BCUT2D eigenvalue weighted by Crippen LogP contribution is -2.35. The number of phenols is 6. The SMILES string of the molecule is COC(=O)CNC(=O)C(=O)c1c(O)c(O)c(C(C)C)c2cc(C)c(-c3c(C)cc4c(C(C)C)c(O)c(O)c(C(=O)C(=O)NCC(=O)OC)c4c3O)c(O)c12. The molecule has 16 heteroatoms. The summed E-state index contributed by atoms with van der Waals surface area (Å²) in [6, 6.07) is 2.87. The van der Waals surface area contributed by atoms with Gasteiger partial charge in [-0.1, -0.05) is 39.8 Å². The van der Waals surface area contributed by atoms with Crippen LogP contribution in [0.25, 0.3) is 32.7 Å². The van der Waals surface area contributed by atoms with Gasteiger partial charge < -0.3 is 50.7 Å². The number of Topliss-reactive ketones (excluding diaryl/α,β-unsaturated/α-hetero) is 2. The van der Waals surface area contributed by atoms with Gasteiger partial charge in [0.1, 0.15) is 24.6 Å². The van der Waals surface area contributed by atoms with Gasteiger partial charge in [-0.2, -0.15) is 0 Å². The number of phenolic OH excluding ortho intramolecular Hbond substituents is 6. The van der Waals surface area contributed by atoms with Gasteiger partial charge in [-0.15, -0.1) is 0 Å². The highest BCUT2D eigenvalue weighted by molar-refractivity contribution is 6.47. The molecule has 4 rings (SSSR count). The van der Waals surface area contributed by atoms with Gasteiger partial charge in [0.2, 0.25) is 0 Å². The lowest BCUT2D eigenvalue weighted by atomic mass is 9.82. The van der Waals surface area contributed by atoms with E-state index in [1.165, 1.54) is 26.0 Å². The first-order chi connectivity index (χ1) is 25.2. The average molecular weight is 749 g/mol. The monoisotopic (exact) mass is 748 g/mol. The van der Waals surface area contributed by atoms with Crippen LogP contribution in [0.2, 0.25) is 0 Å². The van der Waals surface area contributed by atoms with E-state index in [9.17, 15) is 59.4 Å². The normalized spacial score (nSPS) is 11.2. The van der Waals surface area contributed by atoms with E-state index in [0.29, 0.717) is 0 Å². The number of fused-ring (bicyclic) bond motifs is 2. The standard InChI is InChI=1S/C38H40N2O14/c1-13(2)21-17-9-15(5)23(29(43)25(17)27(33(47)31(21)45)35(49)37(51)39-11-19(41)53-7)24-16(6)10-18-22(14(3)4)32(46)34(48)28(26(18)30(24)44)36(50)38(52)40-12-20(42)54-8/h9-10,13-14,43-48H,11-12H2,1-8H3,(H,39,51)(H,40,52). The molecule has 0 saturated carbocycles. The number of nitrogens with one attached hydrogen (secondary N) is 2. The molecule has 0 spiro atoms. The number of carbonyl (C=O) groups is 6. The molecule has 0 radical (unpaired) electrons. The van der Waals surface area contributed by atoms with E-state index in [2.05, 4.69) is 20.1 Å². The van der Waals surface area contributed by atoms with E-state index in [-0.39, 0.29) is 44.2 Å². The third kappa shape index (κ3) is 6.73. The van der Waals surface area contributed by atoms with Crippen molar-refractivity contribution >= 4 is 56.9 Å². The molecule has 2 amide bonds. The molecule has 0 atom stereocenters. The number of hydrogen-bond donors (Lipinski definition) is 8. The van der Waals surface area contributed by atoms with E-state index in [1.54, 1.807) is 27.7 Å². The Balaban J connectivity index is 2.18. The minimum atomic E-state index is -1.45. The summed E-state index contributed by atoms with van der Waals surface area (Å²) in [6.07, 6.45) is 0. The van der Waals surface area contributed by atoms with E-state index in [4.69, 9.17) is 0 Å². The molecule has 0 fully saturated rings. The van der Waals surface area contributed by atoms with Crippen LogP contribution in [0.1, 0.15) is 82.5 Å². The lowest BCUT2D eigenvalue weighted by Gasteiger charge is -2.24. The van der Waals surface area contributed by atoms with Crippen molar-refractivity contribution in [2.75, 3.05) is 27.3 Å². The second-order valence-electron chi connectivity index (χ2n) is 13.1. The summed E-state index contributed by atoms with van der Waals surface area (Å²) in [5.74, 6) is -13.7. The molecule has 0 bridgehead atoms. The fraction of sp³-hybridized carbons (Fsp3) is 0.316. The number of amides is 2. The summed E-state index contributed by atoms with van der Waals surface area (Å²) >= 11 is 0. The van der Waals surface area contributed by atoms with Crippen LogP contribution in [0.5, 0.6) is 34.5 Å². The topological polar surface area (TPSA) is 266 Å². The first-order valence-electron chi connectivity index (χ1n) is 16.5. The minimum Gasteiger partial charge on any atom is -0.507 e. The molecule has 0 aromatic heterocycles. The Hall–Kier alpha value is -6.58. The van der Waals surface area contributed by atoms with Gasteiger partial charge in [0.05, 0.1) is 25.3 Å². The fourth-order valence-corrected chi connectivity index (χ4v) is 6.59. The number of aryl methyl sites for hydroxylation is 2. The van der Waals surface area contributed by atoms with Crippen LogP contribution in [0, 0.1) is 13.8 Å². The van der Waals surface area contributed by atoms with E-state index >= 15 is 0 Å². The quantitative estimate of drug-likeness (QED) is 0.0471. The Kier molecular flexibility index (Phi) is 11.3. The molecule has 0 aliphatic rings. The summed E-state index contributed by atoms with van der Waals surface area (Å²) in [6.45, 7) is 8.21. The second kappa shape index (κ2) is 15.2. The molecule has 16 nitrogen and oxygen atoms in total. The van der Waals surface area contributed by atoms with Crippen molar-refractivity contribution in [3.05, 3.63) is 45.5 Å². The highest BCUT2D eigenvalue weighted by Gasteiger charge is 2.35. The fourth-order valence-electron chi connectivity index (χ4n) is 6.59. The van der Waals surface area contributed by atoms with Crippen molar-refractivity contribution in [2.24, 2.45) is 0 Å². The van der Waals surface area contributed by atoms with Crippen LogP contribution in [0.15, 0.2) is 12.1 Å². The first-order valence-corrected chi connectivity index (χ1v) is 16.5. The molecule has 4 aromatic rings. The summed E-state index contributed by atoms with van der Waals surface area (Å²) in [5, 5.41) is 72.2. The maximum atomic E-state index is 13.6. The third-order valence-electron chi connectivity index (χ3n) is 9.02. The number of aromatic hydroxyl groups is 6. The summed E-state index contributed by atoms with van der Waals surface area (Å²) in [4.78, 5) is 76.5. The van der Waals surface area contributed by atoms with Gasteiger partial charge in [0.25, 0.3) is 23.4 Å². The number of esters is 2. The Morgan fingerprint density at radius 3 is 1.15 bits per heavy atom. The maximum absolute atomic E-state index is 13.6. The van der Waals surface area contributed by atoms with Crippen LogP contribution in [0.3, 0.4) is 0 Å². The molecule has 0 unspecified atom stereocenters. The summed E-state index contributed by atoms with van der Waals surface area (Å²) < 4.78 is 8.96. The summed E-state index contributed by atoms with van der Waals surface area (Å²) in [7, 11) is 2.11. The van der Waals surface area contributed by atoms with Crippen molar-refractivity contribution < 1.29 is 68.9 Å². The van der Waals surface area contributed by atoms with Crippen LogP contribution >= 0.6 is 0 Å². The van der Waals surface area contributed by atoms with E-state index < -0.39 is 117 Å².